The number of benzene rings is 2. The molecule has 0 amide bonds. The second-order valence-corrected chi connectivity index (χ2v) is 5.88. The Morgan fingerprint density at radius 3 is 2.36 bits per heavy atom. The summed E-state index contributed by atoms with van der Waals surface area (Å²) in [7, 11) is 1.62. The molecule has 0 bridgehead atoms. The van der Waals surface area contributed by atoms with Gasteiger partial charge in [-0.1, -0.05) is 12.1 Å². The molecule has 2 rings (SSSR count). The second-order valence-electron chi connectivity index (χ2n) is 5.88. The fourth-order valence-electron chi connectivity index (χ4n) is 2.75. The minimum absolute atomic E-state index is 0.476. The van der Waals surface area contributed by atoms with Crippen molar-refractivity contribution in [3.63, 3.8) is 0 Å². The summed E-state index contributed by atoms with van der Waals surface area (Å²) in [6.07, 6.45) is -1.20. The molecule has 0 N–H and O–H groups in total. The van der Waals surface area contributed by atoms with Crippen LogP contribution in [0.15, 0.2) is 42.5 Å². The lowest BCUT2D eigenvalue weighted by molar-refractivity contribution is 0.0645. The van der Waals surface area contributed by atoms with Gasteiger partial charge in [-0.15, -0.1) is 0 Å². The molecule has 0 aliphatic heterocycles. The molecule has 0 saturated heterocycles. The molecule has 2 aromatic carbocycles. The van der Waals surface area contributed by atoms with E-state index in [1.165, 1.54) is 0 Å². The van der Waals surface area contributed by atoms with E-state index in [4.69, 9.17) is 14.2 Å². The lowest BCUT2D eigenvalue weighted by Gasteiger charge is -2.29. The van der Waals surface area contributed by atoms with Crippen LogP contribution in [0, 0.1) is 13.8 Å². The minimum atomic E-state index is -0.723. The highest BCUT2D eigenvalue weighted by Gasteiger charge is 2.19. The Bertz CT molecular complexity index is 709. The number of hydrogen-bond acceptors (Lipinski definition) is 5. The maximum atomic E-state index is 12.1. The summed E-state index contributed by atoms with van der Waals surface area (Å²) in [6.45, 7) is 8.39. The number of hydrogen-bond donors (Lipinski definition) is 0. The van der Waals surface area contributed by atoms with Gasteiger partial charge in [0.05, 0.1) is 7.11 Å². The summed E-state index contributed by atoms with van der Waals surface area (Å²) in [4.78, 5) is 14.1. The zero-order chi connectivity index (χ0) is 18.4. The third-order valence-electron chi connectivity index (χ3n) is 3.83. The Morgan fingerprint density at radius 1 is 1.08 bits per heavy atom. The highest BCUT2D eigenvalue weighted by molar-refractivity contribution is 5.65. The summed E-state index contributed by atoms with van der Waals surface area (Å²) in [5.41, 5.74) is 2.97. The monoisotopic (exact) mass is 343 g/mol. The molecule has 0 aliphatic carbocycles. The van der Waals surface area contributed by atoms with Crippen LogP contribution in [0.1, 0.15) is 25.0 Å². The first kappa shape index (κ1) is 18.6. The molecule has 0 saturated carbocycles. The van der Waals surface area contributed by atoms with E-state index in [2.05, 4.69) is 0 Å². The van der Waals surface area contributed by atoms with E-state index in [0.29, 0.717) is 12.3 Å². The standard InChI is InChI=1S/C20H25NO4/c1-6-21(17-8-7-9-18(13-17)23-5)16(4)24-20(22)25-19-11-14(2)10-15(3)12-19/h7-13,16H,6H2,1-5H3. The Morgan fingerprint density at radius 2 is 1.76 bits per heavy atom. The molecule has 0 fully saturated rings. The summed E-state index contributed by atoms with van der Waals surface area (Å²) < 4.78 is 16.0. The summed E-state index contributed by atoms with van der Waals surface area (Å²) in [6, 6.07) is 13.2. The van der Waals surface area contributed by atoms with Gasteiger partial charge in [-0.3, -0.25) is 0 Å². The molecule has 1 unspecified atom stereocenters. The molecule has 134 valence electrons. The van der Waals surface area contributed by atoms with Gasteiger partial charge in [0, 0.05) is 18.3 Å². The Kier molecular flexibility index (Phi) is 6.28. The first-order valence-electron chi connectivity index (χ1n) is 8.30. The largest absolute Gasteiger partial charge is 0.515 e. The third kappa shape index (κ3) is 5.14. The van der Waals surface area contributed by atoms with Crippen molar-refractivity contribution in [3.05, 3.63) is 53.6 Å². The maximum Gasteiger partial charge on any atom is 0.515 e. The van der Waals surface area contributed by atoms with Gasteiger partial charge in [0.1, 0.15) is 11.5 Å². The first-order valence-corrected chi connectivity index (χ1v) is 8.30. The third-order valence-corrected chi connectivity index (χ3v) is 3.83. The molecular formula is C20H25NO4. The van der Waals surface area contributed by atoms with Crippen LogP contribution in [0.5, 0.6) is 11.5 Å². The van der Waals surface area contributed by atoms with Crippen molar-refractivity contribution < 1.29 is 19.0 Å². The average Bonchev–Trinajstić information content (AvgIpc) is 2.54. The average molecular weight is 343 g/mol. The molecule has 5 heteroatoms. The molecule has 0 aliphatic rings. The number of anilines is 1. The van der Waals surface area contributed by atoms with Crippen LogP contribution >= 0.6 is 0 Å². The molecule has 1 atom stereocenters. The lowest BCUT2D eigenvalue weighted by atomic mass is 10.1. The molecular weight excluding hydrogens is 318 g/mol. The van der Waals surface area contributed by atoms with E-state index >= 15 is 0 Å². The van der Waals surface area contributed by atoms with Crippen molar-refractivity contribution in [1.29, 1.82) is 0 Å². The van der Waals surface area contributed by atoms with E-state index < -0.39 is 12.4 Å². The molecule has 5 nitrogen and oxygen atoms in total. The highest BCUT2D eigenvalue weighted by atomic mass is 16.7. The molecule has 0 heterocycles. The SMILES string of the molecule is CCN(c1cccc(OC)c1)C(C)OC(=O)Oc1cc(C)cc(C)c1. The van der Waals surface area contributed by atoms with Crippen molar-refractivity contribution in [2.45, 2.75) is 33.9 Å². The van der Waals surface area contributed by atoms with Gasteiger partial charge in [-0.25, -0.2) is 4.79 Å². The zero-order valence-corrected chi connectivity index (χ0v) is 15.4. The first-order chi connectivity index (χ1) is 11.9. The van der Waals surface area contributed by atoms with Crippen LogP contribution in [0.2, 0.25) is 0 Å². The van der Waals surface area contributed by atoms with E-state index in [0.717, 1.165) is 22.6 Å². The van der Waals surface area contributed by atoms with Gasteiger partial charge in [0.15, 0.2) is 6.23 Å². The van der Waals surface area contributed by atoms with Gasteiger partial charge >= 0.3 is 6.16 Å². The van der Waals surface area contributed by atoms with E-state index in [-0.39, 0.29) is 0 Å². The normalized spacial score (nSPS) is 11.6. The number of ether oxygens (including phenoxy) is 3. The molecule has 0 aromatic heterocycles. The smallest absolute Gasteiger partial charge is 0.497 e. The van der Waals surface area contributed by atoms with E-state index in [9.17, 15) is 4.79 Å². The molecule has 0 radical (unpaired) electrons. The summed E-state index contributed by atoms with van der Waals surface area (Å²) >= 11 is 0. The van der Waals surface area contributed by atoms with Crippen molar-refractivity contribution in [2.75, 3.05) is 18.6 Å². The fraction of sp³-hybridized carbons (Fsp3) is 0.350. The van der Waals surface area contributed by atoms with Crippen molar-refractivity contribution in [2.24, 2.45) is 0 Å². The number of methoxy groups -OCH3 is 1. The Hall–Kier alpha value is -2.69. The Balaban J connectivity index is 2.05. The quantitative estimate of drug-likeness (QED) is 0.432. The van der Waals surface area contributed by atoms with Crippen LogP contribution in [0.25, 0.3) is 0 Å². The topological polar surface area (TPSA) is 48.0 Å². The number of carbonyl (C=O) groups excluding carboxylic acids is 1. The van der Waals surface area contributed by atoms with E-state index in [1.54, 1.807) is 19.2 Å². The predicted molar refractivity (Wildman–Crippen MR) is 98.5 cm³/mol. The number of aryl methyl sites for hydroxylation is 2. The van der Waals surface area contributed by atoms with E-state index in [1.807, 2.05) is 62.9 Å². The fourth-order valence-corrected chi connectivity index (χ4v) is 2.75. The van der Waals surface area contributed by atoms with Crippen molar-refractivity contribution in [1.82, 2.24) is 0 Å². The zero-order valence-electron chi connectivity index (χ0n) is 15.4. The maximum absolute atomic E-state index is 12.1. The van der Waals surface area contributed by atoms with Gasteiger partial charge < -0.3 is 19.1 Å². The van der Waals surface area contributed by atoms with Crippen LogP contribution in [-0.4, -0.2) is 26.0 Å². The van der Waals surface area contributed by atoms with Crippen LogP contribution in [0.4, 0.5) is 10.5 Å². The van der Waals surface area contributed by atoms with Gasteiger partial charge in [-0.2, -0.15) is 0 Å². The number of nitrogens with zero attached hydrogens (tertiary/aromatic N) is 1. The summed E-state index contributed by atoms with van der Waals surface area (Å²) in [5.74, 6) is 1.24. The van der Waals surface area contributed by atoms with Gasteiger partial charge in [0.2, 0.25) is 0 Å². The second kappa shape index (κ2) is 8.42. The summed E-state index contributed by atoms with van der Waals surface area (Å²) in [5, 5.41) is 0. The lowest BCUT2D eigenvalue weighted by Crippen LogP contribution is -2.37. The van der Waals surface area contributed by atoms with Gasteiger partial charge in [0.25, 0.3) is 0 Å². The van der Waals surface area contributed by atoms with Crippen molar-refractivity contribution >= 4 is 11.8 Å². The molecule has 0 spiro atoms. The van der Waals surface area contributed by atoms with Crippen LogP contribution in [-0.2, 0) is 4.74 Å². The van der Waals surface area contributed by atoms with Crippen molar-refractivity contribution in [3.8, 4) is 11.5 Å². The van der Waals surface area contributed by atoms with Crippen LogP contribution < -0.4 is 14.4 Å². The Labute approximate surface area is 149 Å². The molecule has 2 aromatic rings. The predicted octanol–water partition coefficient (Wildman–Crippen LogP) is 4.70. The highest BCUT2D eigenvalue weighted by Crippen LogP contribution is 2.23. The number of rotatable bonds is 6. The van der Waals surface area contributed by atoms with Crippen LogP contribution in [0.3, 0.4) is 0 Å². The molecule has 25 heavy (non-hydrogen) atoms. The van der Waals surface area contributed by atoms with Gasteiger partial charge in [-0.05, 0) is 63.1 Å². The minimum Gasteiger partial charge on any atom is -0.497 e. The number of carbonyl (C=O) groups is 1.